The third-order valence-electron chi connectivity index (χ3n) is 8.29. The van der Waals surface area contributed by atoms with Crippen LogP contribution >= 0.6 is 7.82 Å². The average molecular weight is 832 g/mol. The molecular weight excluding hydrogens is 757 g/mol. The Kier molecular flexibility index (Phi) is 37.7. The molecule has 11 nitrogen and oxygen atoms in total. The van der Waals surface area contributed by atoms with Crippen LogP contribution in [0.15, 0.2) is 97.2 Å². The minimum Gasteiger partial charge on any atom is -0.480 e. The summed E-state index contributed by atoms with van der Waals surface area (Å²) in [5.74, 6) is -2.51. The number of phosphoric acid groups is 1. The van der Waals surface area contributed by atoms with Gasteiger partial charge in [-0.3, -0.25) is 23.4 Å². The highest BCUT2D eigenvalue weighted by Crippen LogP contribution is 2.43. The molecule has 58 heavy (non-hydrogen) atoms. The summed E-state index contributed by atoms with van der Waals surface area (Å²) in [6.45, 7) is 2.59. The number of carbonyl (C=O) groups excluding carboxylic acids is 2. The van der Waals surface area contributed by atoms with E-state index >= 15 is 0 Å². The van der Waals surface area contributed by atoms with Gasteiger partial charge in [0.1, 0.15) is 12.6 Å². The molecule has 4 N–H and O–H groups in total. The van der Waals surface area contributed by atoms with Crippen molar-refractivity contribution in [3.63, 3.8) is 0 Å². The van der Waals surface area contributed by atoms with E-state index in [1.54, 1.807) is 0 Å². The average Bonchev–Trinajstić information content (AvgIpc) is 3.20. The van der Waals surface area contributed by atoms with Gasteiger partial charge in [0.2, 0.25) is 0 Å². The first kappa shape index (κ1) is 54.4. The van der Waals surface area contributed by atoms with E-state index < -0.39 is 57.7 Å². The number of esters is 2. The van der Waals surface area contributed by atoms with Crippen molar-refractivity contribution in [2.75, 3.05) is 19.8 Å². The maximum atomic E-state index is 12.6. The van der Waals surface area contributed by atoms with Gasteiger partial charge in [0, 0.05) is 12.8 Å². The number of rotatable bonds is 38. The van der Waals surface area contributed by atoms with Gasteiger partial charge >= 0.3 is 25.7 Å². The number of phosphoric ester groups is 1. The quantitative estimate of drug-likeness (QED) is 0.0234. The second-order valence-corrected chi connectivity index (χ2v) is 15.2. The first-order valence-electron chi connectivity index (χ1n) is 21.3. The molecule has 0 radical (unpaired) electrons. The van der Waals surface area contributed by atoms with Crippen LogP contribution in [-0.4, -0.2) is 59.9 Å². The summed E-state index contributed by atoms with van der Waals surface area (Å²) in [6.07, 6.45) is 50.5. The van der Waals surface area contributed by atoms with E-state index in [1.165, 1.54) is 25.7 Å². The van der Waals surface area contributed by atoms with Crippen LogP contribution in [-0.2, 0) is 37.5 Å². The molecule has 0 fully saturated rings. The third kappa shape index (κ3) is 39.2. The molecule has 0 aliphatic carbocycles. The summed E-state index contributed by atoms with van der Waals surface area (Å²) < 4.78 is 32.6. The molecule has 0 bridgehead atoms. The van der Waals surface area contributed by atoms with Gasteiger partial charge in [0.05, 0.1) is 13.2 Å². The lowest BCUT2D eigenvalue weighted by atomic mass is 10.1. The Balaban J connectivity index is 4.56. The molecule has 328 valence electrons. The van der Waals surface area contributed by atoms with Crippen LogP contribution in [0.25, 0.3) is 0 Å². The molecule has 0 saturated heterocycles. The normalized spacial score (nSPS) is 14.7. The molecule has 0 heterocycles. The molecule has 0 aliphatic rings. The van der Waals surface area contributed by atoms with Gasteiger partial charge in [-0.2, -0.15) is 0 Å². The summed E-state index contributed by atoms with van der Waals surface area (Å²) in [5.41, 5.74) is 5.32. The van der Waals surface area contributed by atoms with Crippen LogP contribution in [0, 0.1) is 0 Å². The molecule has 0 saturated carbocycles. The molecule has 3 atom stereocenters. The Morgan fingerprint density at radius 1 is 0.534 bits per heavy atom. The van der Waals surface area contributed by atoms with E-state index in [9.17, 15) is 23.8 Å². The fourth-order valence-electron chi connectivity index (χ4n) is 4.93. The zero-order valence-corrected chi connectivity index (χ0v) is 36.2. The Labute approximate surface area is 349 Å². The maximum Gasteiger partial charge on any atom is 0.472 e. The first-order chi connectivity index (χ1) is 28.1. The highest BCUT2D eigenvalue weighted by atomic mass is 31.2. The summed E-state index contributed by atoms with van der Waals surface area (Å²) >= 11 is 0. The lowest BCUT2D eigenvalue weighted by Crippen LogP contribution is -2.34. The van der Waals surface area contributed by atoms with E-state index in [0.29, 0.717) is 19.3 Å². The van der Waals surface area contributed by atoms with Crippen molar-refractivity contribution in [3.05, 3.63) is 97.2 Å². The summed E-state index contributed by atoms with van der Waals surface area (Å²) in [4.78, 5) is 45.9. The standard InChI is InChI=1S/C46H74NO10P/c1-3-5-7-9-11-13-15-17-19-21-23-25-27-29-31-33-35-37-44(48)54-39-42(40-55-58(52,53)56-41-43(47)46(50)51)57-45(49)38-36-34-32-30-28-26-24-22-20-18-16-14-12-10-8-6-4-2/h7,9,12-15,18-21,24-27,30,32,42-43H,3-6,8,10-11,16-17,22-23,28-29,31,33-41,47H2,1-2H3,(H,50,51)(H,52,53)/b9-7+,14-12+,15-13+,20-18+,21-19+,26-24+,27-25+,32-30+/t42-,43+/m1/s1. The van der Waals surface area contributed by atoms with Gasteiger partial charge in [-0.1, -0.05) is 137 Å². The van der Waals surface area contributed by atoms with Crippen molar-refractivity contribution in [3.8, 4) is 0 Å². The fraction of sp³-hybridized carbons (Fsp3) is 0.587. The number of carbonyl (C=O) groups is 3. The molecule has 0 spiro atoms. The van der Waals surface area contributed by atoms with Crippen molar-refractivity contribution in [2.45, 2.75) is 154 Å². The third-order valence-corrected chi connectivity index (χ3v) is 9.24. The van der Waals surface area contributed by atoms with Crippen LogP contribution in [0.1, 0.15) is 142 Å². The van der Waals surface area contributed by atoms with Gasteiger partial charge in [-0.15, -0.1) is 0 Å². The Hall–Kier alpha value is -3.60. The molecule has 0 aromatic heterocycles. The van der Waals surface area contributed by atoms with Gasteiger partial charge in [-0.25, -0.2) is 4.57 Å². The zero-order valence-electron chi connectivity index (χ0n) is 35.3. The first-order valence-corrected chi connectivity index (χ1v) is 22.8. The minimum absolute atomic E-state index is 0.0720. The number of carboxylic acids is 1. The number of aliphatic carboxylic acids is 1. The van der Waals surface area contributed by atoms with Gasteiger partial charge < -0.3 is 25.2 Å². The maximum absolute atomic E-state index is 12.6. The highest BCUT2D eigenvalue weighted by molar-refractivity contribution is 7.47. The highest BCUT2D eigenvalue weighted by Gasteiger charge is 2.28. The Bertz CT molecular complexity index is 1350. The van der Waals surface area contributed by atoms with Crippen molar-refractivity contribution in [1.29, 1.82) is 0 Å². The van der Waals surface area contributed by atoms with E-state index in [-0.39, 0.29) is 12.8 Å². The summed E-state index contributed by atoms with van der Waals surface area (Å²) in [6, 6.07) is -1.54. The number of unbranched alkanes of at least 4 members (excludes halogenated alkanes) is 8. The van der Waals surface area contributed by atoms with E-state index in [2.05, 4.69) is 103 Å². The van der Waals surface area contributed by atoms with Crippen molar-refractivity contribution in [2.24, 2.45) is 5.73 Å². The van der Waals surface area contributed by atoms with Gasteiger partial charge in [0.25, 0.3) is 0 Å². The monoisotopic (exact) mass is 832 g/mol. The molecule has 0 aromatic rings. The van der Waals surface area contributed by atoms with E-state index in [1.807, 2.05) is 12.2 Å². The van der Waals surface area contributed by atoms with Crippen LogP contribution in [0.3, 0.4) is 0 Å². The lowest BCUT2D eigenvalue weighted by molar-refractivity contribution is -0.161. The van der Waals surface area contributed by atoms with Crippen molar-refractivity contribution < 1.29 is 47.5 Å². The predicted octanol–water partition coefficient (Wildman–Crippen LogP) is 11.3. The van der Waals surface area contributed by atoms with Crippen molar-refractivity contribution >= 4 is 25.7 Å². The van der Waals surface area contributed by atoms with Crippen LogP contribution in [0.4, 0.5) is 0 Å². The Morgan fingerprint density at radius 2 is 0.966 bits per heavy atom. The number of carboxylic acid groups (broad SMARTS) is 1. The van der Waals surface area contributed by atoms with Gasteiger partial charge in [-0.05, 0) is 89.9 Å². The predicted molar refractivity (Wildman–Crippen MR) is 235 cm³/mol. The zero-order chi connectivity index (χ0) is 42.8. The molecule has 12 heteroatoms. The van der Waals surface area contributed by atoms with Crippen molar-refractivity contribution in [1.82, 2.24) is 0 Å². The molecule has 0 aromatic carbocycles. The number of hydrogen-bond donors (Lipinski definition) is 3. The van der Waals surface area contributed by atoms with E-state index in [0.717, 1.165) is 70.6 Å². The molecule has 0 aliphatic heterocycles. The molecule has 0 amide bonds. The lowest BCUT2D eigenvalue weighted by Gasteiger charge is -2.20. The second kappa shape index (κ2) is 40.2. The number of allylic oxidation sites excluding steroid dienone is 16. The van der Waals surface area contributed by atoms with Gasteiger partial charge in [0.15, 0.2) is 6.10 Å². The fourth-order valence-corrected chi connectivity index (χ4v) is 5.71. The molecule has 1 unspecified atom stereocenters. The number of nitrogens with two attached hydrogens (primary N) is 1. The van der Waals surface area contributed by atoms with E-state index in [4.69, 9.17) is 24.8 Å². The van der Waals surface area contributed by atoms with Crippen LogP contribution in [0.2, 0.25) is 0 Å². The summed E-state index contributed by atoms with van der Waals surface area (Å²) in [7, 11) is -4.74. The summed E-state index contributed by atoms with van der Waals surface area (Å²) in [5, 5.41) is 8.88. The SMILES string of the molecule is CCC/C=C/C/C=C/C/C=C/C/C=C/CCCCCC(=O)OC[C@H](COP(=O)(O)OC[C@H](N)C(=O)O)OC(=O)CCC/C=C/C/C=C/C/C=C/C/C=C/CCCCC. The largest absolute Gasteiger partial charge is 0.480 e. The minimum atomic E-state index is -4.74. The smallest absolute Gasteiger partial charge is 0.472 e. The molecular formula is C46H74NO10P. The van der Waals surface area contributed by atoms with Crippen LogP contribution < -0.4 is 5.73 Å². The van der Waals surface area contributed by atoms with Crippen LogP contribution in [0.5, 0.6) is 0 Å². The topological polar surface area (TPSA) is 172 Å². The number of hydrogen-bond acceptors (Lipinski definition) is 9. The molecule has 0 rings (SSSR count). The second-order valence-electron chi connectivity index (χ2n) is 13.8. The number of ether oxygens (including phenoxy) is 2. The Morgan fingerprint density at radius 3 is 1.45 bits per heavy atom.